The van der Waals surface area contributed by atoms with Gasteiger partial charge < -0.3 is 10.1 Å². The van der Waals surface area contributed by atoms with Crippen LogP contribution in [0.1, 0.15) is 51.3 Å². The highest BCUT2D eigenvalue weighted by Gasteiger charge is 2.16. The molecule has 2 nitrogen and oxygen atoms in total. The minimum absolute atomic E-state index is 0.216. The molecule has 1 aromatic carbocycles. The van der Waals surface area contributed by atoms with E-state index in [9.17, 15) is 0 Å². The van der Waals surface area contributed by atoms with E-state index in [2.05, 4.69) is 57.3 Å². The number of rotatable bonds is 5. The molecule has 1 rings (SSSR count). The van der Waals surface area contributed by atoms with Crippen LogP contribution in [0.2, 0.25) is 0 Å². The second-order valence-electron chi connectivity index (χ2n) is 6.00. The van der Waals surface area contributed by atoms with Crippen LogP contribution in [0, 0.1) is 0 Å². The Balaban J connectivity index is 2.82. The summed E-state index contributed by atoms with van der Waals surface area (Å²) < 4.78 is 5.34. The fraction of sp³-hybridized carbons (Fsp3) is 0.625. The fourth-order valence-corrected chi connectivity index (χ4v) is 2.06. The van der Waals surface area contributed by atoms with Gasteiger partial charge >= 0.3 is 0 Å². The summed E-state index contributed by atoms with van der Waals surface area (Å²) in [6, 6.07) is 9.27. The van der Waals surface area contributed by atoms with Crippen LogP contribution in [0.15, 0.2) is 24.3 Å². The average Bonchev–Trinajstić information content (AvgIpc) is 2.34. The van der Waals surface area contributed by atoms with E-state index in [1.54, 1.807) is 7.11 Å². The van der Waals surface area contributed by atoms with Crippen molar-refractivity contribution in [3.63, 3.8) is 0 Å². The normalized spacial score (nSPS) is 15.4. The van der Waals surface area contributed by atoms with E-state index in [0.717, 1.165) is 6.42 Å². The third-order valence-corrected chi connectivity index (χ3v) is 3.50. The fourth-order valence-electron chi connectivity index (χ4n) is 2.06. The topological polar surface area (TPSA) is 21.3 Å². The molecule has 0 bridgehead atoms. The number of benzene rings is 1. The molecule has 1 N–H and O–H groups in total. The highest BCUT2D eigenvalue weighted by molar-refractivity contribution is 5.29. The predicted octanol–water partition coefficient (Wildman–Crippen LogP) is 3.67. The third kappa shape index (κ3) is 4.11. The van der Waals surface area contributed by atoms with E-state index in [-0.39, 0.29) is 11.5 Å². The lowest BCUT2D eigenvalue weighted by Gasteiger charge is -2.23. The van der Waals surface area contributed by atoms with Gasteiger partial charge in [-0.05, 0) is 36.9 Å². The molecule has 0 saturated heterocycles. The Kier molecular flexibility index (Phi) is 5.36. The molecule has 0 radical (unpaired) electrons. The van der Waals surface area contributed by atoms with Gasteiger partial charge in [0, 0.05) is 13.2 Å². The lowest BCUT2D eigenvalue weighted by molar-refractivity contribution is 0.101. The van der Waals surface area contributed by atoms with Gasteiger partial charge in [0.1, 0.15) is 0 Å². The molecule has 0 aromatic heterocycles. The number of methoxy groups -OCH3 is 1. The minimum Gasteiger partial charge on any atom is -0.382 e. The quantitative estimate of drug-likeness (QED) is 0.859. The Morgan fingerprint density at radius 3 is 2.11 bits per heavy atom. The standard InChI is InChI=1S/C16H27NO/c1-12(18-6)11-15(17-5)13-7-9-14(10-8-13)16(2,3)4/h7-10,12,15,17H,11H2,1-6H3. The van der Waals surface area contributed by atoms with Crippen molar-refractivity contribution < 1.29 is 4.74 Å². The summed E-state index contributed by atoms with van der Waals surface area (Å²) in [4.78, 5) is 0. The van der Waals surface area contributed by atoms with Crippen molar-refractivity contribution in [2.75, 3.05) is 14.2 Å². The summed E-state index contributed by atoms with van der Waals surface area (Å²) in [5.41, 5.74) is 2.92. The van der Waals surface area contributed by atoms with Gasteiger partial charge in [0.15, 0.2) is 0 Å². The van der Waals surface area contributed by atoms with Crippen molar-refractivity contribution in [2.45, 2.75) is 51.7 Å². The van der Waals surface area contributed by atoms with Crippen LogP contribution < -0.4 is 5.32 Å². The van der Waals surface area contributed by atoms with Gasteiger partial charge in [0.25, 0.3) is 0 Å². The molecular formula is C16H27NO. The van der Waals surface area contributed by atoms with Gasteiger partial charge in [-0.15, -0.1) is 0 Å². The van der Waals surface area contributed by atoms with E-state index in [1.165, 1.54) is 11.1 Å². The maximum atomic E-state index is 5.34. The molecule has 0 fully saturated rings. The van der Waals surface area contributed by atoms with Crippen molar-refractivity contribution in [3.05, 3.63) is 35.4 Å². The van der Waals surface area contributed by atoms with Crippen LogP contribution in [0.4, 0.5) is 0 Å². The van der Waals surface area contributed by atoms with Gasteiger partial charge in [-0.2, -0.15) is 0 Å². The van der Waals surface area contributed by atoms with Crippen LogP contribution in [0.5, 0.6) is 0 Å². The van der Waals surface area contributed by atoms with E-state index in [0.29, 0.717) is 6.04 Å². The first-order valence-electron chi connectivity index (χ1n) is 6.69. The van der Waals surface area contributed by atoms with Gasteiger partial charge in [-0.1, -0.05) is 45.0 Å². The summed E-state index contributed by atoms with van der Waals surface area (Å²) in [5, 5.41) is 3.36. The summed E-state index contributed by atoms with van der Waals surface area (Å²) >= 11 is 0. The Hall–Kier alpha value is -0.860. The molecule has 0 amide bonds. The molecule has 0 aliphatic rings. The average molecular weight is 249 g/mol. The lowest BCUT2D eigenvalue weighted by Crippen LogP contribution is -2.22. The molecule has 0 spiro atoms. The molecule has 0 saturated carbocycles. The number of nitrogens with one attached hydrogen (secondary N) is 1. The molecule has 0 heterocycles. The first kappa shape index (κ1) is 15.2. The zero-order chi connectivity index (χ0) is 13.8. The largest absolute Gasteiger partial charge is 0.382 e. The van der Waals surface area contributed by atoms with Gasteiger partial charge in [0.05, 0.1) is 6.10 Å². The predicted molar refractivity (Wildman–Crippen MR) is 78.0 cm³/mol. The smallest absolute Gasteiger partial charge is 0.0561 e. The van der Waals surface area contributed by atoms with E-state index >= 15 is 0 Å². The van der Waals surface area contributed by atoms with Crippen molar-refractivity contribution in [2.24, 2.45) is 0 Å². The molecule has 2 unspecified atom stereocenters. The monoisotopic (exact) mass is 249 g/mol. The summed E-state index contributed by atoms with van der Waals surface area (Å²) in [6.07, 6.45) is 1.26. The first-order valence-corrected chi connectivity index (χ1v) is 6.69. The maximum absolute atomic E-state index is 5.34. The molecule has 2 atom stereocenters. The summed E-state index contributed by atoms with van der Waals surface area (Å²) in [7, 11) is 3.77. The lowest BCUT2D eigenvalue weighted by atomic mass is 9.86. The third-order valence-electron chi connectivity index (χ3n) is 3.50. The van der Waals surface area contributed by atoms with Crippen LogP contribution in [-0.2, 0) is 10.2 Å². The number of hydrogen-bond donors (Lipinski definition) is 1. The van der Waals surface area contributed by atoms with Crippen molar-refractivity contribution in [1.82, 2.24) is 5.32 Å². The molecule has 0 aliphatic heterocycles. The Morgan fingerprint density at radius 1 is 1.17 bits per heavy atom. The Bertz CT molecular complexity index is 350. The molecular weight excluding hydrogens is 222 g/mol. The highest BCUT2D eigenvalue weighted by Crippen LogP contribution is 2.25. The van der Waals surface area contributed by atoms with E-state index < -0.39 is 0 Å². The van der Waals surface area contributed by atoms with Crippen LogP contribution in [0.3, 0.4) is 0 Å². The van der Waals surface area contributed by atoms with Gasteiger partial charge in [-0.25, -0.2) is 0 Å². The van der Waals surface area contributed by atoms with Crippen LogP contribution in [-0.4, -0.2) is 20.3 Å². The van der Waals surface area contributed by atoms with Crippen molar-refractivity contribution in [3.8, 4) is 0 Å². The number of hydrogen-bond acceptors (Lipinski definition) is 2. The van der Waals surface area contributed by atoms with Crippen molar-refractivity contribution in [1.29, 1.82) is 0 Å². The Labute approximate surface area is 112 Å². The second kappa shape index (κ2) is 6.35. The van der Waals surface area contributed by atoms with E-state index in [4.69, 9.17) is 4.74 Å². The first-order chi connectivity index (χ1) is 8.38. The molecule has 18 heavy (non-hydrogen) atoms. The SMILES string of the molecule is CNC(CC(C)OC)c1ccc(C(C)(C)C)cc1. The Morgan fingerprint density at radius 2 is 1.72 bits per heavy atom. The van der Waals surface area contributed by atoms with Crippen LogP contribution >= 0.6 is 0 Å². The zero-order valence-corrected chi connectivity index (χ0v) is 12.6. The van der Waals surface area contributed by atoms with Crippen molar-refractivity contribution >= 4 is 0 Å². The maximum Gasteiger partial charge on any atom is 0.0561 e. The second-order valence-corrected chi connectivity index (χ2v) is 6.00. The van der Waals surface area contributed by atoms with Gasteiger partial charge in [-0.3, -0.25) is 0 Å². The summed E-state index contributed by atoms with van der Waals surface area (Å²) in [6.45, 7) is 8.83. The summed E-state index contributed by atoms with van der Waals surface area (Å²) in [5.74, 6) is 0. The van der Waals surface area contributed by atoms with Crippen LogP contribution in [0.25, 0.3) is 0 Å². The van der Waals surface area contributed by atoms with Gasteiger partial charge in [0.2, 0.25) is 0 Å². The molecule has 102 valence electrons. The minimum atomic E-state index is 0.216. The zero-order valence-electron chi connectivity index (χ0n) is 12.6. The highest BCUT2D eigenvalue weighted by atomic mass is 16.5. The molecule has 2 heteroatoms. The number of ether oxygens (including phenoxy) is 1. The molecule has 0 aliphatic carbocycles. The molecule has 1 aromatic rings. The van der Waals surface area contributed by atoms with E-state index in [1.807, 2.05) is 7.05 Å².